The lowest BCUT2D eigenvalue weighted by Gasteiger charge is -2.14. The molecule has 5 rings (SSSR count). The van der Waals surface area contributed by atoms with E-state index in [1.165, 1.54) is 16.7 Å². The number of benzene rings is 1. The summed E-state index contributed by atoms with van der Waals surface area (Å²) in [5.74, 6) is 1.61. The van der Waals surface area contributed by atoms with Gasteiger partial charge in [0.2, 0.25) is 0 Å². The number of fused-ring (bicyclic) bond motifs is 3. The van der Waals surface area contributed by atoms with Crippen molar-refractivity contribution < 1.29 is 0 Å². The van der Waals surface area contributed by atoms with Gasteiger partial charge in [-0.3, -0.25) is 0 Å². The Kier molecular flexibility index (Phi) is 5.92. The first kappa shape index (κ1) is 20.7. The third-order valence-electron chi connectivity index (χ3n) is 5.90. The number of anilines is 1. The zero-order valence-electron chi connectivity index (χ0n) is 18.3. The highest BCUT2D eigenvalue weighted by Crippen LogP contribution is 2.33. The molecule has 5 aromatic rings. The van der Waals surface area contributed by atoms with Crippen molar-refractivity contribution in [2.24, 2.45) is 0 Å². The molecule has 4 N–H and O–H groups in total. The number of hydrogen-bond donors (Lipinski definition) is 3. The van der Waals surface area contributed by atoms with E-state index >= 15 is 0 Å². The van der Waals surface area contributed by atoms with Gasteiger partial charge in [0.1, 0.15) is 11.3 Å². The number of aromatic amines is 1. The maximum Gasteiger partial charge on any atom is 0.152 e. The summed E-state index contributed by atoms with van der Waals surface area (Å²) in [6.45, 7) is 4.64. The second-order valence-corrected chi connectivity index (χ2v) is 9.05. The Labute approximate surface area is 191 Å². The molecule has 0 amide bonds. The number of nitrogens with one attached hydrogen (secondary N) is 2. The maximum absolute atomic E-state index is 6.33. The van der Waals surface area contributed by atoms with Crippen molar-refractivity contribution in [3.05, 3.63) is 76.7 Å². The molecular formula is C25H28N6S. The lowest BCUT2D eigenvalue weighted by molar-refractivity contribution is 0.667. The molecule has 32 heavy (non-hydrogen) atoms. The number of nitrogens with zero attached hydrogens (tertiary/aromatic N) is 3. The Morgan fingerprint density at radius 3 is 2.78 bits per heavy atom. The Balaban J connectivity index is 1.52. The average molecular weight is 445 g/mol. The van der Waals surface area contributed by atoms with Crippen LogP contribution in [-0.2, 0) is 26.1 Å². The summed E-state index contributed by atoms with van der Waals surface area (Å²) in [5.41, 5.74) is 13.1. The van der Waals surface area contributed by atoms with Gasteiger partial charge in [-0.2, -0.15) is 0 Å². The van der Waals surface area contributed by atoms with Crippen LogP contribution in [0.25, 0.3) is 21.3 Å². The number of nitrogens with two attached hydrogens (primary N) is 1. The van der Waals surface area contributed by atoms with E-state index in [1.54, 1.807) is 11.3 Å². The van der Waals surface area contributed by atoms with Gasteiger partial charge in [0.15, 0.2) is 5.82 Å². The monoisotopic (exact) mass is 444 g/mol. The minimum Gasteiger partial charge on any atom is -0.382 e. The van der Waals surface area contributed by atoms with Crippen molar-refractivity contribution in [2.45, 2.75) is 45.8 Å². The number of rotatable bonds is 9. The van der Waals surface area contributed by atoms with E-state index in [9.17, 15) is 0 Å². The first-order valence-electron chi connectivity index (χ1n) is 11.2. The van der Waals surface area contributed by atoms with Gasteiger partial charge in [0.25, 0.3) is 0 Å². The minimum atomic E-state index is 0.517. The maximum atomic E-state index is 6.33. The summed E-state index contributed by atoms with van der Waals surface area (Å²) in [6.07, 6.45) is 7.15. The molecule has 0 bridgehead atoms. The Hall–Kier alpha value is -3.16. The number of pyridine rings is 1. The molecule has 0 spiro atoms. The molecular weight excluding hydrogens is 416 g/mol. The molecule has 0 unspecified atom stereocenters. The van der Waals surface area contributed by atoms with E-state index in [4.69, 9.17) is 10.7 Å². The molecule has 0 atom stereocenters. The Bertz CT molecular complexity index is 1330. The topological polar surface area (TPSA) is 84.5 Å². The predicted molar refractivity (Wildman–Crippen MR) is 133 cm³/mol. The van der Waals surface area contributed by atoms with Gasteiger partial charge < -0.3 is 20.6 Å². The normalized spacial score (nSPS) is 11.7. The van der Waals surface area contributed by atoms with E-state index < -0.39 is 0 Å². The van der Waals surface area contributed by atoms with Crippen LogP contribution in [0.3, 0.4) is 0 Å². The fourth-order valence-corrected chi connectivity index (χ4v) is 5.10. The van der Waals surface area contributed by atoms with E-state index in [2.05, 4.69) is 62.5 Å². The van der Waals surface area contributed by atoms with Crippen molar-refractivity contribution in [1.82, 2.24) is 24.8 Å². The van der Waals surface area contributed by atoms with Crippen LogP contribution in [0.2, 0.25) is 0 Å². The fraction of sp³-hybridized carbons (Fsp3) is 0.280. The second kappa shape index (κ2) is 9.14. The zero-order chi connectivity index (χ0) is 21.9. The summed E-state index contributed by atoms with van der Waals surface area (Å²) in [4.78, 5) is 12.7. The van der Waals surface area contributed by atoms with Gasteiger partial charge in [-0.15, -0.1) is 11.3 Å². The molecule has 4 aromatic heterocycles. The third kappa shape index (κ3) is 4.01. The standard InChI is InChI=1S/C25H28N6S/c1-2-3-8-21-30-22-23(24-20(10-12-32-24)29-25(22)26)31(21)16-19-7-5-4-6-18(19)15-28-14-17-9-11-27-13-17/h4-7,9-13,27-28H,2-3,8,14-16H2,1H3,(H2,26,29). The number of aromatic nitrogens is 4. The Morgan fingerprint density at radius 2 is 1.97 bits per heavy atom. The molecule has 0 aliphatic carbocycles. The van der Waals surface area contributed by atoms with E-state index in [0.717, 1.165) is 66.0 Å². The van der Waals surface area contributed by atoms with Gasteiger partial charge in [-0.25, -0.2) is 9.97 Å². The molecule has 0 saturated heterocycles. The molecule has 1 aromatic carbocycles. The van der Waals surface area contributed by atoms with Gasteiger partial charge in [-0.05, 0) is 40.6 Å². The minimum absolute atomic E-state index is 0.517. The first-order chi connectivity index (χ1) is 15.7. The van der Waals surface area contributed by atoms with Crippen molar-refractivity contribution in [2.75, 3.05) is 5.73 Å². The van der Waals surface area contributed by atoms with Crippen LogP contribution in [0.5, 0.6) is 0 Å². The van der Waals surface area contributed by atoms with Gasteiger partial charge in [0.05, 0.1) is 15.7 Å². The average Bonchev–Trinajstić information content (AvgIpc) is 3.54. The van der Waals surface area contributed by atoms with E-state index in [-0.39, 0.29) is 0 Å². The molecule has 0 aliphatic rings. The van der Waals surface area contributed by atoms with Gasteiger partial charge in [0, 0.05) is 38.4 Å². The fourth-order valence-electron chi connectivity index (χ4n) is 4.22. The smallest absolute Gasteiger partial charge is 0.152 e. The zero-order valence-corrected chi connectivity index (χ0v) is 19.1. The molecule has 164 valence electrons. The predicted octanol–water partition coefficient (Wildman–Crippen LogP) is 5.24. The molecule has 0 radical (unpaired) electrons. The highest BCUT2D eigenvalue weighted by Gasteiger charge is 2.19. The van der Waals surface area contributed by atoms with Gasteiger partial charge in [-0.1, -0.05) is 37.6 Å². The number of H-pyrrole nitrogens is 1. The molecule has 4 heterocycles. The van der Waals surface area contributed by atoms with Crippen molar-refractivity contribution >= 4 is 38.4 Å². The van der Waals surface area contributed by atoms with Crippen molar-refractivity contribution in [1.29, 1.82) is 0 Å². The van der Waals surface area contributed by atoms with Crippen molar-refractivity contribution in [3.63, 3.8) is 0 Å². The van der Waals surface area contributed by atoms with Crippen LogP contribution in [0, 0.1) is 0 Å². The van der Waals surface area contributed by atoms with Crippen LogP contribution in [0.15, 0.2) is 54.2 Å². The first-order valence-corrected chi connectivity index (χ1v) is 12.0. The summed E-state index contributed by atoms with van der Waals surface area (Å²) in [5, 5.41) is 5.65. The number of imidazole rings is 1. The summed E-state index contributed by atoms with van der Waals surface area (Å²) < 4.78 is 3.53. The highest BCUT2D eigenvalue weighted by atomic mass is 32.1. The quantitative estimate of drug-likeness (QED) is 0.290. The highest BCUT2D eigenvalue weighted by molar-refractivity contribution is 7.18. The molecule has 0 saturated carbocycles. The summed E-state index contributed by atoms with van der Waals surface area (Å²) in [6, 6.07) is 12.8. The second-order valence-electron chi connectivity index (χ2n) is 8.14. The molecule has 0 aliphatic heterocycles. The Morgan fingerprint density at radius 1 is 1.09 bits per heavy atom. The van der Waals surface area contributed by atoms with Crippen LogP contribution in [0.1, 0.15) is 42.3 Å². The lowest BCUT2D eigenvalue weighted by atomic mass is 10.1. The molecule has 0 fully saturated rings. The molecule has 6 nitrogen and oxygen atoms in total. The van der Waals surface area contributed by atoms with Crippen LogP contribution in [-0.4, -0.2) is 19.5 Å². The third-order valence-corrected chi connectivity index (χ3v) is 6.81. The summed E-state index contributed by atoms with van der Waals surface area (Å²) in [7, 11) is 0. The number of aryl methyl sites for hydroxylation is 1. The van der Waals surface area contributed by atoms with Crippen molar-refractivity contribution in [3.8, 4) is 0 Å². The number of nitrogen functional groups attached to an aromatic ring is 1. The largest absolute Gasteiger partial charge is 0.382 e. The summed E-state index contributed by atoms with van der Waals surface area (Å²) >= 11 is 1.71. The van der Waals surface area contributed by atoms with E-state index in [0.29, 0.717) is 5.82 Å². The van der Waals surface area contributed by atoms with Crippen LogP contribution >= 0.6 is 11.3 Å². The lowest BCUT2D eigenvalue weighted by Crippen LogP contribution is -2.15. The number of thiophene rings is 1. The van der Waals surface area contributed by atoms with Gasteiger partial charge >= 0.3 is 0 Å². The van der Waals surface area contributed by atoms with E-state index in [1.807, 2.05) is 18.5 Å². The van der Waals surface area contributed by atoms with Crippen LogP contribution < -0.4 is 11.1 Å². The number of hydrogen-bond acceptors (Lipinski definition) is 5. The number of unbranched alkanes of at least 4 members (excludes halogenated alkanes) is 1. The molecule has 7 heteroatoms. The van der Waals surface area contributed by atoms with Crippen LogP contribution in [0.4, 0.5) is 5.82 Å². The SMILES string of the molecule is CCCCc1nc2c(N)nc3ccsc3c2n1Cc1ccccc1CNCc1cc[nH]c1.